The van der Waals surface area contributed by atoms with E-state index in [0.717, 1.165) is 6.42 Å². The molecule has 0 bridgehead atoms. The Morgan fingerprint density at radius 2 is 2.06 bits per heavy atom. The van der Waals surface area contributed by atoms with Crippen molar-refractivity contribution >= 4 is 11.9 Å². The number of nitrogens with two attached hydrogens (primary N) is 1. The molecule has 2 atom stereocenters. The zero-order chi connectivity index (χ0) is 12.6. The smallest absolute Gasteiger partial charge is 0.305 e. The summed E-state index contributed by atoms with van der Waals surface area (Å²) in [4.78, 5) is 22.3. The zero-order valence-electron chi connectivity index (χ0n) is 10.3. The molecule has 0 aromatic rings. The highest BCUT2D eigenvalue weighted by atomic mass is 16.5. The molecule has 0 spiro atoms. The minimum absolute atomic E-state index is 0.154. The van der Waals surface area contributed by atoms with E-state index in [1.807, 2.05) is 13.8 Å². The van der Waals surface area contributed by atoms with E-state index in [-0.39, 0.29) is 17.8 Å². The van der Waals surface area contributed by atoms with Crippen LogP contribution in [-0.2, 0) is 14.3 Å². The molecule has 0 aromatic carbocycles. The van der Waals surface area contributed by atoms with Crippen LogP contribution in [0.2, 0.25) is 0 Å². The van der Waals surface area contributed by atoms with E-state index < -0.39 is 6.04 Å². The maximum atomic E-state index is 11.5. The van der Waals surface area contributed by atoms with Crippen molar-refractivity contribution in [3.63, 3.8) is 0 Å². The van der Waals surface area contributed by atoms with E-state index in [1.54, 1.807) is 0 Å². The predicted octanol–water partition coefficient (Wildman–Crippen LogP) is 0.429. The normalized spacial score (nSPS) is 14.0. The summed E-state index contributed by atoms with van der Waals surface area (Å²) >= 11 is 0. The van der Waals surface area contributed by atoms with Gasteiger partial charge in [0.25, 0.3) is 0 Å². The number of ether oxygens (including phenoxy) is 1. The third-order valence-corrected chi connectivity index (χ3v) is 2.64. The van der Waals surface area contributed by atoms with Crippen LogP contribution in [0, 0.1) is 5.92 Å². The van der Waals surface area contributed by atoms with Crippen molar-refractivity contribution in [3.8, 4) is 0 Å². The zero-order valence-corrected chi connectivity index (χ0v) is 10.3. The Balaban J connectivity index is 3.69. The molecule has 0 radical (unpaired) electrons. The van der Waals surface area contributed by atoms with E-state index in [0.29, 0.717) is 19.4 Å². The first-order valence-corrected chi connectivity index (χ1v) is 5.63. The van der Waals surface area contributed by atoms with Crippen molar-refractivity contribution in [3.05, 3.63) is 0 Å². The van der Waals surface area contributed by atoms with Crippen LogP contribution < -0.4 is 11.1 Å². The highest BCUT2D eigenvalue weighted by molar-refractivity contribution is 5.81. The fourth-order valence-electron chi connectivity index (χ4n) is 1.18. The van der Waals surface area contributed by atoms with Gasteiger partial charge in [-0.1, -0.05) is 20.3 Å². The van der Waals surface area contributed by atoms with Crippen molar-refractivity contribution < 1.29 is 14.3 Å². The standard InChI is InChI=1S/C11H22N2O3/c1-4-8(2)10(12)11(15)13-7-5-6-9(14)16-3/h8,10H,4-7,12H2,1-3H3,(H,13,15). The molecule has 0 fully saturated rings. The van der Waals surface area contributed by atoms with Gasteiger partial charge in [-0.05, 0) is 12.3 Å². The summed E-state index contributed by atoms with van der Waals surface area (Å²) in [5, 5.41) is 2.71. The Morgan fingerprint density at radius 3 is 2.56 bits per heavy atom. The fourth-order valence-corrected chi connectivity index (χ4v) is 1.18. The van der Waals surface area contributed by atoms with Gasteiger partial charge >= 0.3 is 5.97 Å². The van der Waals surface area contributed by atoms with Crippen molar-refractivity contribution in [2.24, 2.45) is 11.7 Å². The quantitative estimate of drug-likeness (QED) is 0.491. The number of esters is 1. The molecule has 0 saturated carbocycles. The monoisotopic (exact) mass is 230 g/mol. The van der Waals surface area contributed by atoms with Crippen molar-refractivity contribution in [2.75, 3.05) is 13.7 Å². The summed E-state index contributed by atoms with van der Waals surface area (Å²) in [6, 6.07) is -0.469. The third-order valence-electron chi connectivity index (χ3n) is 2.64. The van der Waals surface area contributed by atoms with Crippen LogP contribution >= 0.6 is 0 Å². The number of methoxy groups -OCH3 is 1. The SMILES string of the molecule is CCC(C)C(N)C(=O)NCCCC(=O)OC. The molecule has 0 aliphatic carbocycles. The van der Waals surface area contributed by atoms with Gasteiger partial charge in [0.1, 0.15) is 0 Å². The number of rotatable bonds is 7. The molecule has 5 nitrogen and oxygen atoms in total. The van der Waals surface area contributed by atoms with Crippen LogP contribution in [0.3, 0.4) is 0 Å². The molecular formula is C11H22N2O3. The molecule has 3 N–H and O–H groups in total. The molecule has 1 amide bonds. The fraction of sp³-hybridized carbons (Fsp3) is 0.818. The minimum Gasteiger partial charge on any atom is -0.469 e. The molecule has 0 rings (SSSR count). The summed E-state index contributed by atoms with van der Waals surface area (Å²) in [6.07, 6.45) is 1.76. The van der Waals surface area contributed by atoms with Gasteiger partial charge in [0.05, 0.1) is 13.2 Å². The number of carbonyl (C=O) groups excluding carboxylic acids is 2. The lowest BCUT2D eigenvalue weighted by molar-refractivity contribution is -0.140. The Hall–Kier alpha value is -1.10. The third kappa shape index (κ3) is 5.70. The second-order valence-electron chi connectivity index (χ2n) is 3.88. The Morgan fingerprint density at radius 1 is 1.44 bits per heavy atom. The lowest BCUT2D eigenvalue weighted by Crippen LogP contribution is -2.44. The van der Waals surface area contributed by atoms with Gasteiger partial charge in [0.15, 0.2) is 0 Å². The van der Waals surface area contributed by atoms with E-state index in [4.69, 9.17) is 5.73 Å². The van der Waals surface area contributed by atoms with E-state index in [2.05, 4.69) is 10.1 Å². The van der Waals surface area contributed by atoms with Crippen LogP contribution in [0.25, 0.3) is 0 Å². The van der Waals surface area contributed by atoms with E-state index >= 15 is 0 Å². The highest BCUT2D eigenvalue weighted by Crippen LogP contribution is 2.04. The van der Waals surface area contributed by atoms with Gasteiger partial charge in [-0.25, -0.2) is 0 Å². The first-order chi connectivity index (χ1) is 7.52. The maximum absolute atomic E-state index is 11.5. The topological polar surface area (TPSA) is 81.4 Å². The lowest BCUT2D eigenvalue weighted by Gasteiger charge is -2.17. The number of amides is 1. The second kappa shape index (κ2) is 8.10. The minimum atomic E-state index is -0.469. The summed E-state index contributed by atoms with van der Waals surface area (Å²) in [6.45, 7) is 4.39. The first-order valence-electron chi connectivity index (χ1n) is 5.63. The number of carbonyl (C=O) groups is 2. The molecule has 2 unspecified atom stereocenters. The summed E-state index contributed by atoms with van der Waals surface area (Å²) < 4.78 is 4.48. The van der Waals surface area contributed by atoms with Gasteiger partial charge in [-0.3, -0.25) is 9.59 Å². The average molecular weight is 230 g/mol. The van der Waals surface area contributed by atoms with Gasteiger partial charge in [0, 0.05) is 13.0 Å². The highest BCUT2D eigenvalue weighted by Gasteiger charge is 2.18. The van der Waals surface area contributed by atoms with Crippen molar-refractivity contribution in [2.45, 2.75) is 39.2 Å². The van der Waals surface area contributed by atoms with Gasteiger partial charge in [-0.15, -0.1) is 0 Å². The van der Waals surface area contributed by atoms with Gasteiger partial charge in [0.2, 0.25) is 5.91 Å². The van der Waals surface area contributed by atoms with Crippen LogP contribution in [0.5, 0.6) is 0 Å². The molecule has 0 aliphatic rings. The largest absolute Gasteiger partial charge is 0.469 e. The number of nitrogens with one attached hydrogen (secondary N) is 1. The van der Waals surface area contributed by atoms with Gasteiger partial charge < -0.3 is 15.8 Å². The molecule has 5 heteroatoms. The molecule has 0 aliphatic heterocycles. The van der Waals surface area contributed by atoms with Crippen LogP contribution in [0.1, 0.15) is 33.1 Å². The number of hydrogen-bond acceptors (Lipinski definition) is 4. The second-order valence-corrected chi connectivity index (χ2v) is 3.88. The number of hydrogen-bond donors (Lipinski definition) is 2. The predicted molar refractivity (Wildman–Crippen MR) is 61.7 cm³/mol. The average Bonchev–Trinajstić information content (AvgIpc) is 2.31. The summed E-state index contributed by atoms with van der Waals surface area (Å²) in [5.41, 5.74) is 5.74. The van der Waals surface area contributed by atoms with Gasteiger partial charge in [-0.2, -0.15) is 0 Å². The molecule has 0 saturated heterocycles. The Labute approximate surface area is 96.7 Å². The van der Waals surface area contributed by atoms with Crippen LogP contribution in [0.15, 0.2) is 0 Å². The van der Waals surface area contributed by atoms with Crippen molar-refractivity contribution in [1.29, 1.82) is 0 Å². The Kier molecular flexibility index (Phi) is 7.54. The van der Waals surface area contributed by atoms with Crippen LogP contribution in [-0.4, -0.2) is 31.6 Å². The Bertz CT molecular complexity index is 231. The van der Waals surface area contributed by atoms with Crippen LogP contribution in [0.4, 0.5) is 0 Å². The first kappa shape index (κ1) is 14.9. The molecular weight excluding hydrogens is 208 g/mol. The van der Waals surface area contributed by atoms with Crippen molar-refractivity contribution in [1.82, 2.24) is 5.32 Å². The maximum Gasteiger partial charge on any atom is 0.305 e. The molecule has 94 valence electrons. The van der Waals surface area contributed by atoms with E-state index in [9.17, 15) is 9.59 Å². The lowest BCUT2D eigenvalue weighted by atomic mass is 9.99. The molecule has 0 aromatic heterocycles. The summed E-state index contributed by atoms with van der Waals surface area (Å²) in [7, 11) is 1.35. The molecule has 0 heterocycles. The summed E-state index contributed by atoms with van der Waals surface area (Å²) in [5.74, 6) is -0.250. The molecule has 16 heavy (non-hydrogen) atoms. The van der Waals surface area contributed by atoms with E-state index in [1.165, 1.54) is 7.11 Å².